The Balaban J connectivity index is 2.28. The third-order valence-corrected chi connectivity index (χ3v) is 13.1. The van der Waals surface area contributed by atoms with Crippen molar-refractivity contribution in [1.82, 2.24) is 9.55 Å². The topological polar surface area (TPSA) is 64.3 Å². The molecule has 0 aliphatic rings. The molecule has 3 aromatic rings. The van der Waals surface area contributed by atoms with Crippen LogP contribution in [0, 0.1) is 11.5 Å². The van der Waals surface area contributed by atoms with Crippen LogP contribution in [-0.4, -0.2) is 35.1 Å². The summed E-state index contributed by atoms with van der Waals surface area (Å²) >= 11 is 6.13. The van der Waals surface area contributed by atoms with Gasteiger partial charge in [-0.1, -0.05) is 53.1 Å². The molecule has 2 aromatic carbocycles. The lowest BCUT2D eigenvalue weighted by Crippen LogP contribution is -2.43. The molecule has 10 heteroatoms. The number of alkyl halides is 3. The molecule has 0 amide bonds. The Bertz CT molecular complexity index is 1330. The van der Waals surface area contributed by atoms with Gasteiger partial charge < -0.3 is 9.84 Å². The first-order chi connectivity index (χ1) is 16.7. The molecular formula is C26H28ClF3N2O3Si. The second-order valence-corrected chi connectivity index (χ2v) is 15.6. The summed E-state index contributed by atoms with van der Waals surface area (Å²) in [6, 6.07) is 8.40. The number of carboxylic acid groups (broad SMARTS) is 1. The van der Waals surface area contributed by atoms with Crippen LogP contribution in [0.3, 0.4) is 0 Å². The fraction of sp³-hybridized carbons (Fsp3) is 0.385. The highest BCUT2D eigenvalue weighted by Crippen LogP contribution is 2.41. The van der Waals surface area contributed by atoms with Crippen LogP contribution in [0.4, 0.5) is 13.2 Å². The third-order valence-electron chi connectivity index (χ3n) is 6.56. The first-order valence-corrected chi connectivity index (χ1v) is 14.1. The quantitative estimate of drug-likeness (QED) is 0.257. The Morgan fingerprint density at radius 2 is 1.67 bits per heavy atom. The van der Waals surface area contributed by atoms with Gasteiger partial charge in [-0.2, -0.15) is 0 Å². The lowest BCUT2D eigenvalue weighted by Gasteiger charge is -2.38. The van der Waals surface area contributed by atoms with Crippen molar-refractivity contribution in [3.63, 3.8) is 0 Å². The fourth-order valence-corrected chi connectivity index (χ4v) is 10.4. The van der Waals surface area contributed by atoms with Gasteiger partial charge in [0.2, 0.25) is 0 Å². The Hall–Kier alpha value is -2.96. The van der Waals surface area contributed by atoms with Crippen LogP contribution >= 0.6 is 11.6 Å². The van der Waals surface area contributed by atoms with Gasteiger partial charge in [0.05, 0.1) is 27.3 Å². The molecule has 0 saturated carbocycles. The molecule has 5 nitrogen and oxygen atoms in total. The van der Waals surface area contributed by atoms with Crippen molar-refractivity contribution in [2.45, 2.75) is 64.5 Å². The minimum atomic E-state index is -4.88. The molecule has 0 radical (unpaired) electrons. The maximum Gasteiger partial charge on any atom is 0.573 e. The molecule has 0 atom stereocenters. The van der Waals surface area contributed by atoms with Gasteiger partial charge in [0.25, 0.3) is 0 Å². The van der Waals surface area contributed by atoms with E-state index in [-0.39, 0.29) is 10.6 Å². The average molecular weight is 537 g/mol. The van der Waals surface area contributed by atoms with Crippen molar-refractivity contribution in [3.05, 3.63) is 52.8 Å². The number of carbonyl (C=O) groups is 1. The number of carboxylic acids is 1. The van der Waals surface area contributed by atoms with E-state index in [0.29, 0.717) is 39.2 Å². The van der Waals surface area contributed by atoms with Crippen LogP contribution < -0.4 is 4.74 Å². The van der Waals surface area contributed by atoms with Crippen molar-refractivity contribution in [2.24, 2.45) is 0 Å². The minimum Gasteiger partial charge on any atom is -0.478 e. The minimum absolute atomic E-state index is 0.0638. The molecule has 0 bridgehead atoms. The van der Waals surface area contributed by atoms with Gasteiger partial charge in [-0.05, 0) is 58.9 Å². The smallest absolute Gasteiger partial charge is 0.478 e. The first kappa shape index (κ1) is 27.6. The van der Waals surface area contributed by atoms with Crippen LogP contribution in [0.1, 0.15) is 57.7 Å². The Morgan fingerprint density at radius 1 is 1.06 bits per heavy atom. The molecule has 0 spiro atoms. The molecule has 1 aromatic heterocycles. The Morgan fingerprint density at radius 3 is 2.17 bits per heavy atom. The molecule has 0 fully saturated rings. The summed E-state index contributed by atoms with van der Waals surface area (Å²) in [7, 11) is -2.14. The van der Waals surface area contributed by atoms with Gasteiger partial charge in [-0.15, -0.1) is 18.7 Å². The summed E-state index contributed by atoms with van der Waals surface area (Å²) in [6.45, 7) is 13.1. The van der Waals surface area contributed by atoms with E-state index >= 15 is 0 Å². The van der Waals surface area contributed by atoms with E-state index in [4.69, 9.17) is 11.6 Å². The number of ether oxygens (including phenoxy) is 1. The van der Waals surface area contributed by atoms with Crippen molar-refractivity contribution in [2.75, 3.05) is 0 Å². The highest BCUT2D eigenvalue weighted by Gasteiger charge is 2.42. The summed E-state index contributed by atoms with van der Waals surface area (Å²) in [4.78, 5) is 16.1. The monoisotopic (exact) mass is 536 g/mol. The van der Waals surface area contributed by atoms with Gasteiger partial charge >= 0.3 is 12.3 Å². The molecular weight excluding hydrogens is 509 g/mol. The summed E-state index contributed by atoms with van der Waals surface area (Å²) in [5.74, 6) is 2.00. The second-order valence-electron chi connectivity index (χ2n) is 9.59. The summed E-state index contributed by atoms with van der Waals surface area (Å²) in [6.07, 6.45) is -4.88. The van der Waals surface area contributed by atoms with Crippen molar-refractivity contribution in [1.29, 1.82) is 0 Å². The number of fused-ring (bicyclic) bond motifs is 1. The van der Waals surface area contributed by atoms with Gasteiger partial charge in [-0.25, -0.2) is 9.78 Å². The van der Waals surface area contributed by atoms with E-state index in [1.165, 1.54) is 24.3 Å². The summed E-state index contributed by atoms with van der Waals surface area (Å²) in [5, 5.41) is 9.18. The number of nitrogens with zero attached hydrogens (tertiary/aromatic N) is 2. The zero-order valence-corrected chi connectivity index (χ0v) is 22.6. The Labute approximate surface area is 214 Å². The van der Waals surface area contributed by atoms with Crippen LogP contribution in [0.15, 0.2) is 36.4 Å². The van der Waals surface area contributed by atoms with E-state index in [1.807, 2.05) is 0 Å². The van der Waals surface area contributed by atoms with E-state index in [9.17, 15) is 23.1 Å². The number of hydrogen-bond donors (Lipinski definition) is 1. The molecule has 36 heavy (non-hydrogen) atoms. The zero-order chi connectivity index (χ0) is 27.0. The molecule has 0 saturated heterocycles. The van der Waals surface area contributed by atoms with Crippen molar-refractivity contribution >= 4 is 36.7 Å². The molecule has 0 aliphatic heterocycles. The second kappa shape index (κ2) is 10.2. The highest BCUT2D eigenvalue weighted by atomic mass is 35.5. The normalized spacial score (nSPS) is 12.4. The van der Waals surface area contributed by atoms with E-state index in [2.05, 4.69) is 62.7 Å². The molecule has 0 aliphatic carbocycles. The molecule has 3 rings (SSSR count). The van der Waals surface area contributed by atoms with Gasteiger partial charge in [0, 0.05) is 0 Å². The van der Waals surface area contributed by atoms with Crippen molar-refractivity contribution < 1.29 is 27.8 Å². The fourth-order valence-electron chi connectivity index (χ4n) is 4.99. The molecule has 192 valence electrons. The number of benzene rings is 2. The lowest BCUT2D eigenvalue weighted by atomic mass is 10.2. The Kier molecular flexibility index (Phi) is 7.82. The molecule has 0 unspecified atom stereocenters. The van der Waals surface area contributed by atoms with Gasteiger partial charge in [0.1, 0.15) is 13.8 Å². The van der Waals surface area contributed by atoms with Crippen LogP contribution in [0.2, 0.25) is 21.6 Å². The van der Waals surface area contributed by atoms with E-state index in [0.717, 1.165) is 6.07 Å². The standard InChI is InChI=1S/C26H28ClF3N2O3Si/c1-15(2)36(16(3)4,17(5)6)12-11-24-31-21-13-18(25(33)34)7-9-22(21)32(24)19-8-10-23(20(27)14-19)35-26(28,29)30/h7-10,13-17H,1-6H3,(H,33,34). The highest BCUT2D eigenvalue weighted by molar-refractivity contribution is 6.90. The molecule has 1 N–H and O–H groups in total. The predicted octanol–water partition coefficient (Wildman–Crippen LogP) is 7.85. The third kappa shape index (κ3) is 5.40. The average Bonchev–Trinajstić information content (AvgIpc) is 3.11. The van der Waals surface area contributed by atoms with Crippen molar-refractivity contribution in [3.8, 4) is 22.9 Å². The van der Waals surface area contributed by atoms with Gasteiger partial charge in [0.15, 0.2) is 5.82 Å². The van der Waals surface area contributed by atoms with E-state index < -0.39 is 26.2 Å². The molecule has 1 heterocycles. The SMILES string of the molecule is CC(C)[Si](C#Cc1nc2cc(C(=O)O)ccc2n1-c1ccc(OC(F)(F)F)c(Cl)c1)(C(C)C)C(C)C. The zero-order valence-electron chi connectivity index (χ0n) is 20.9. The summed E-state index contributed by atoms with van der Waals surface area (Å²) in [5.41, 5.74) is 6.15. The number of hydrogen-bond acceptors (Lipinski definition) is 3. The number of aromatic nitrogens is 2. The predicted molar refractivity (Wildman–Crippen MR) is 138 cm³/mol. The maximum absolute atomic E-state index is 12.7. The van der Waals surface area contributed by atoms with E-state index in [1.54, 1.807) is 10.6 Å². The van der Waals surface area contributed by atoms with Crippen LogP contribution in [-0.2, 0) is 0 Å². The van der Waals surface area contributed by atoms with Crippen LogP contribution in [0.5, 0.6) is 5.75 Å². The lowest BCUT2D eigenvalue weighted by molar-refractivity contribution is -0.274. The number of halogens is 4. The number of rotatable bonds is 6. The van der Waals surface area contributed by atoms with Crippen LogP contribution in [0.25, 0.3) is 16.7 Å². The first-order valence-electron chi connectivity index (χ1n) is 11.5. The largest absolute Gasteiger partial charge is 0.573 e. The summed E-state index contributed by atoms with van der Waals surface area (Å²) < 4.78 is 43.8. The number of aromatic carboxylic acids is 1. The maximum atomic E-state index is 12.7. The number of imidazole rings is 1. The van der Waals surface area contributed by atoms with Gasteiger partial charge in [-0.3, -0.25) is 4.57 Å².